The third-order valence-electron chi connectivity index (χ3n) is 2.55. The molecule has 0 spiro atoms. The molecule has 2 rings (SSSR count). The Labute approximate surface area is 112 Å². The van der Waals surface area contributed by atoms with Crippen LogP contribution in [0, 0.1) is 0 Å². The Bertz CT molecular complexity index is 562. The summed E-state index contributed by atoms with van der Waals surface area (Å²) < 4.78 is 26.2. The predicted octanol–water partition coefficient (Wildman–Crippen LogP) is 2.41. The standard InChI is InChI=1S/C13H15NO2S2/c15-18(16,14-11-13-7-4-9-17-13)10-8-12-5-2-1-3-6-12/h1-7,9,14H,8,10-11H2. The summed E-state index contributed by atoms with van der Waals surface area (Å²) in [6.45, 7) is 0.384. The smallest absolute Gasteiger partial charge is 0.212 e. The lowest BCUT2D eigenvalue weighted by molar-refractivity contribution is 0.581. The summed E-state index contributed by atoms with van der Waals surface area (Å²) in [4.78, 5) is 1.03. The molecule has 0 bridgehead atoms. The van der Waals surface area contributed by atoms with Crippen molar-refractivity contribution < 1.29 is 8.42 Å². The van der Waals surface area contributed by atoms with Gasteiger partial charge in [0.1, 0.15) is 0 Å². The molecule has 1 aromatic carbocycles. The third-order valence-corrected chi connectivity index (χ3v) is 4.75. The first kappa shape index (κ1) is 13.3. The van der Waals surface area contributed by atoms with Crippen LogP contribution in [0.5, 0.6) is 0 Å². The third kappa shape index (κ3) is 4.25. The van der Waals surface area contributed by atoms with Crippen molar-refractivity contribution in [2.75, 3.05) is 5.75 Å². The quantitative estimate of drug-likeness (QED) is 0.884. The lowest BCUT2D eigenvalue weighted by Gasteiger charge is -2.05. The van der Waals surface area contributed by atoms with E-state index in [-0.39, 0.29) is 5.75 Å². The second-order valence-electron chi connectivity index (χ2n) is 3.95. The van der Waals surface area contributed by atoms with E-state index < -0.39 is 10.0 Å². The fourth-order valence-corrected chi connectivity index (χ4v) is 3.32. The molecule has 1 N–H and O–H groups in total. The van der Waals surface area contributed by atoms with Crippen molar-refractivity contribution >= 4 is 21.4 Å². The summed E-state index contributed by atoms with van der Waals surface area (Å²) >= 11 is 1.55. The maximum atomic E-state index is 11.8. The van der Waals surface area contributed by atoms with Gasteiger partial charge in [0.2, 0.25) is 10.0 Å². The first-order valence-electron chi connectivity index (χ1n) is 5.69. The molecule has 3 nitrogen and oxygen atoms in total. The summed E-state index contributed by atoms with van der Waals surface area (Å²) in [6, 6.07) is 13.5. The number of hydrogen-bond acceptors (Lipinski definition) is 3. The minimum atomic E-state index is -3.20. The van der Waals surface area contributed by atoms with E-state index in [1.807, 2.05) is 47.8 Å². The molecule has 18 heavy (non-hydrogen) atoms. The van der Waals surface area contributed by atoms with Crippen molar-refractivity contribution in [1.29, 1.82) is 0 Å². The molecule has 0 fully saturated rings. The second kappa shape index (κ2) is 6.13. The van der Waals surface area contributed by atoms with E-state index in [0.717, 1.165) is 10.4 Å². The van der Waals surface area contributed by atoms with E-state index in [1.165, 1.54) is 0 Å². The van der Waals surface area contributed by atoms with Crippen LogP contribution in [-0.2, 0) is 23.0 Å². The van der Waals surface area contributed by atoms with E-state index in [4.69, 9.17) is 0 Å². The molecule has 0 radical (unpaired) electrons. The predicted molar refractivity (Wildman–Crippen MR) is 75.1 cm³/mol. The van der Waals surface area contributed by atoms with Gasteiger partial charge in [-0.1, -0.05) is 36.4 Å². The molecule has 5 heteroatoms. The Morgan fingerprint density at radius 2 is 1.83 bits per heavy atom. The van der Waals surface area contributed by atoms with E-state index in [1.54, 1.807) is 11.3 Å². The Morgan fingerprint density at radius 1 is 1.06 bits per heavy atom. The van der Waals surface area contributed by atoms with Gasteiger partial charge in [-0.15, -0.1) is 11.3 Å². The molecule has 0 aliphatic heterocycles. The van der Waals surface area contributed by atoms with Gasteiger partial charge >= 0.3 is 0 Å². The second-order valence-corrected chi connectivity index (χ2v) is 6.91. The van der Waals surface area contributed by atoms with Gasteiger partial charge in [0.15, 0.2) is 0 Å². The van der Waals surface area contributed by atoms with E-state index in [2.05, 4.69) is 4.72 Å². The summed E-state index contributed by atoms with van der Waals surface area (Å²) in [5, 5.41) is 1.94. The van der Waals surface area contributed by atoms with Gasteiger partial charge in [0.05, 0.1) is 5.75 Å². The van der Waals surface area contributed by atoms with Gasteiger partial charge in [-0.25, -0.2) is 13.1 Å². The van der Waals surface area contributed by atoms with Crippen molar-refractivity contribution in [2.45, 2.75) is 13.0 Å². The van der Waals surface area contributed by atoms with Gasteiger partial charge < -0.3 is 0 Å². The number of sulfonamides is 1. The zero-order valence-electron chi connectivity index (χ0n) is 9.87. The van der Waals surface area contributed by atoms with Gasteiger partial charge in [-0.3, -0.25) is 0 Å². The monoisotopic (exact) mass is 281 g/mol. The summed E-state index contributed by atoms with van der Waals surface area (Å²) in [5.41, 5.74) is 1.04. The molecule has 0 unspecified atom stereocenters. The average Bonchev–Trinajstić information content (AvgIpc) is 2.89. The number of benzene rings is 1. The Hall–Kier alpha value is -1.17. The van der Waals surface area contributed by atoms with Crippen LogP contribution in [0.15, 0.2) is 47.8 Å². The first-order valence-corrected chi connectivity index (χ1v) is 8.22. The van der Waals surface area contributed by atoms with Gasteiger partial charge in [-0.05, 0) is 23.4 Å². The minimum Gasteiger partial charge on any atom is -0.212 e. The first-order chi connectivity index (χ1) is 8.66. The highest BCUT2D eigenvalue weighted by Crippen LogP contribution is 2.08. The number of thiophene rings is 1. The SMILES string of the molecule is O=S(=O)(CCc1ccccc1)NCc1cccs1. The Morgan fingerprint density at radius 3 is 2.50 bits per heavy atom. The molecule has 0 aliphatic carbocycles. The highest BCUT2D eigenvalue weighted by molar-refractivity contribution is 7.89. The average molecular weight is 281 g/mol. The Kier molecular flexibility index (Phi) is 4.52. The van der Waals surface area contributed by atoms with Crippen LogP contribution in [0.3, 0.4) is 0 Å². The van der Waals surface area contributed by atoms with Gasteiger partial charge in [0, 0.05) is 11.4 Å². The molecule has 96 valence electrons. The lowest BCUT2D eigenvalue weighted by Crippen LogP contribution is -2.26. The van der Waals surface area contributed by atoms with E-state index >= 15 is 0 Å². The molecule has 1 heterocycles. The molecule has 0 amide bonds. The highest BCUT2D eigenvalue weighted by atomic mass is 32.2. The summed E-state index contributed by atoms with van der Waals surface area (Å²) in [6.07, 6.45) is 0.542. The van der Waals surface area contributed by atoms with E-state index in [9.17, 15) is 8.42 Å². The molecule has 0 saturated carbocycles. The van der Waals surface area contributed by atoms with Crippen molar-refractivity contribution in [3.8, 4) is 0 Å². The molecule has 1 aromatic heterocycles. The highest BCUT2D eigenvalue weighted by Gasteiger charge is 2.10. The Balaban J connectivity index is 1.84. The van der Waals surface area contributed by atoms with Crippen LogP contribution in [0.1, 0.15) is 10.4 Å². The fraction of sp³-hybridized carbons (Fsp3) is 0.231. The zero-order chi connectivity index (χ0) is 12.8. The van der Waals surface area contributed by atoms with Crippen molar-refractivity contribution in [3.63, 3.8) is 0 Å². The van der Waals surface area contributed by atoms with Gasteiger partial charge in [-0.2, -0.15) is 0 Å². The van der Waals surface area contributed by atoms with Crippen LogP contribution in [0.25, 0.3) is 0 Å². The minimum absolute atomic E-state index is 0.127. The van der Waals surface area contributed by atoms with Crippen LogP contribution < -0.4 is 4.72 Å². The molecule has 0 atom stereocenters. The zero-order valence-corrected chi connectivity index (χ0v) is 11.5. The fourth-order valence-electron chi connectivity index (χ4n) is 1.56. The largest absolute Gasteiger partial charge is 0.212 e. The molecular weight excluding hydrogens is 266 g/mol. The number of aryl methyl sites for hydroxylation is 1. The maximum absolute atomic E-state index is 11.8. The van der Waals surface area contributed by atoms with Crippen LogP contribution >= 0.6 is 11.3 Å². The summed E-state index contributed by atoms with van der Waals surface area (Å²) in [5.74, 6) is 0.127. The molecular formula is C13H15NO2S2. The van der Waals surface area contributed by atoms with Crippen molar-refractivity contribution in [1.82, 2.24) is 4.72 Å². The van der Waals surface area contributed by atoms with Crippen molar-refractivity contribution in [3.05, 3.63) is 58.3 Å². The van der Waals surface area contributed by atoms with Crippen LogP contribution in [0.2, 0.25) is 0 Å². The van der Waals surface area contributed by atoms with E-state index in [0.29, 0.717) is 13.0 Å². The number of hydrogen-bond donors (Lipinski definition) is 1. The van der Waals surface area contributed by atoms with Crippen LogP contribution in [0.4, 0.5) is 0 Å². The number of nitrogens with one attached hydrogen (secondary N) is 1. The maximum Gasteiger partial charge on any atom is 0.212 e. The number of rotatable bonds is 6. The van der Waals surface area contributed by atoms with Crippen molar-refractivity contribution in [2.24, 2.45) is 0 Å². The van der Waals surface area contributed by atoms with Gasteiger partial charge in [0.25, 0.3) is 0 Å². The normalized spacial score (nSPS) is 11.6. The summed E-state index contributed by atoms with van der Waals surface area (Å²) in [7, 11) is -3.20. The van der Waals surface area contributed by atoms with Crippen LogP contribution in [-0.4, -0.2) is 14.2 Å². The molecule has 2 aromatic rings. The lowest BCUT2D eigenvalue weighted by atomic mass is 10.2. The topological polar surface area (TPSA) is 46.2 Å². The molecule has 0 saturated heterocycles. The molecule has 0 aliphatic rings.